The van der Waals surface area contributed by atoms with Gasteiger partial charge in [-0.3, -0.25) is 0 Å². The molecule has 0 aliphatic carbocycles. The lowest BCUT2D eigenvalue weighted by Gasteiger charge is -2.07. The molecule has 156 valence electrons. The minimum Gasteiger partial charge on any atom is -0.486 e. The molecule has 0 atom stereocenters. The first-order valence-corrected chi connectivity index (χ1v) is 9.10. The molecule has 0 N–H and O–H groups in total. The quantitative estimate of drug-likeness (QED) is 0.304. The van der Waals surface area contributed by atoms with Crippen molar-refractivity contribution in [2.45, 2.75) is 6.61 Å². The van der Waals surface area contributed by atoms with Gasteiger partial charge in [-0.05, 0) is 24.3 Å². The Labute approximate surface area is 175 Å². The molecular weight excluding hydrogens is 440 g/mol. The van der Waals surface area contributed by atoms with Crippen molar-refractivity contribution in [1.82, 2.24) is 29.4 Å². The lowest BCUT2D eigenvalue weighted by atomic mass is 10.2. The summed E-state index contributed by atoms with van der Waals surface area (Å²) >= 11 is 5.83. The standard InChI is InChI=1S/C19H9ClF4N6O/c20-9-1-3-10(4-2-9)31-7-14-27-19-11-6-26-30(18(11)25-8-29(19)28-14)17-15(23)12(21)5-13(22)16(17)24/h1-6,8H,7H2. The summed E-state index contributed by atoms with van der Waals surface area (Å²) in [5.41, 5.74) is -0.813. The van der Waals surface area contributed by atoms with Crippen LogP contribution >= 0.6 is 11.6 Å². The van der Waals surface area contributed by atoms with Gasteiger partial charge in [0.25, 0.3) is 0 Å². The van der Waals surface area contributed by atoms with Crippen molar-refractivity contribution in [3.63, 3.8) is 0 Å². The van der Waals surface area contributed by atoms with Crippen LogP contribution in [0, 0.1) is 23.3 Å². The predicted octanol–water partition coefficient (Wildman–Crippen LogP) is 4.25. The molecule has 0 saturated carbocycles. The number of aromatic nitrogens is 6. The van der Waals surface area contributed by atoms with Gasteiger partial charge in [0, 0.05) is 11.1 Å². The molecule has 0 fully saturated rings. The van der Waals surface area contributed by atoms with Crippen molar-refractivity contribution >= 4 is 28.3 Å². The first-order valence-electron chi connectivity index (χ1n) is 8.72. The zero-order valence-electron chi connectivity index (χ0n) is 15.2. The van der Waals surface area contributed by atoms with E-state index < -0.39 is 29.0 Å². The van der Waals surface area contributed by atoms with E-state index in [1.54, 1.807) is 24.3 Å². The van der Waals surface area contributed by atoms with Crippen LogP contribution in [0.1, 0.15) is 5.82 Å². The Bertz CT molecular complexity index is 1420. The van der Waals surface area contributed by atoms with Crippen LogP contribution in [-0.2, 0) is 6.61 Å². The van der Waals surface area contributed by atoms with Crippen LogP contribution in [0.15, 0.2) is 42.9 Å². The maximum absolute atomic E-state index is 14.2. The Hall–Kier alpha value is -3.73. The van der Waals surface area contributed by atoms with Crippen LogP contribution in [0.2, 0.25) is 5.02 Å². The fourth-order valence-corrected chi connectivity index (χ4v) is 3.14. The number of halogens is 5. The Balaban J connectivity index is 1.55. The second kappa shape index (κ2) is 7.20. The van der Waals surface area contributed by atoms with Gasteiger partial charge in [0.1, 0.15) is 24.4 Å². The summed E-state index contributed by atoms with van der Waals surface area (Å²) in [6.07, 6.45) is 2.46. The average Bonchev–Trinajstić information content (AvgIpc) is 3.36. The van der Waals surface area contributed by atoms with Gasteiger partial charge < -0.3 is 4.74 Å². The van der Waals surface area contributed by atoms with Gasteiger partial charge in [0.2, 0.25) is 0 Å². The Kier molecular flexibility index (Phi) is 4.47. The largest absolute Gasteiger partial charge is 0.486 e. The number of hydrogen-bond acceptors (Lipinski definition) is 5. The van der Waals surface area contributed by atoms with Crippen molar-refractivity contribution < 1.29 is 22.3 Å². The summed E-state index contributed by atoms with van der Waals surface area (Å²) in [4.78, 5) is 8.39. The zero-order valence-corrected chi connectivity index (χ0v) is 16.0. The lowest BCUT2D eigenvalue weighted by molar-refractivity contribution is 0.296. The fraction of sp³-hybridized carbons (Fsp3) is 0.0526. The van der Waals surface area contributed by atoms with Gasteiger partial charge in [-0.1, -0.05) is 11.6 Å². The first-order chi connectivity index (χ1) is 14.9. The summed E-state index contributed by atoms with van der Waals surface area (Å²) in [5, 5.41) is 8.90. The Morgan fingerprint density at radius 1 is 0.968 bits per heavy atom. The highest BCUT2D eigenvalue weighted by atomic mass is 35.5. The number of ether oxygens (including phenoxy) is 1. The highest BCUT2D eigenvalue weighted by molar-refractivity contribution is 6.30. The van der Waals surface area contributed by atoms with E-state index in [1.165, 1.54) is 17.0 Å². The van der Waals surface area contributed by atoms with Crippen molar-refractivity contribution in [3.05, 3.63) is 77.0 Å². The van der Waals surface area contributed by atoms with E-state index in [0.29, 0.717) is 21.3 Å². The SMILES string of the molecule is Fc1cc(F)c(F)c(-n2ncc3c2ncn2nc(COc4ccc(Cl)cc4)nc32)c1F. The van der Waals surface area contributed by atoms with Crippen LogP contribution in [0.5, 0.6) is 5.75 Å². The topological polar surface area (TPSA) is 70.1 Å². The summed E-state index contributed by atoms with van der Waals surface area (Å²) in [5.74, 6) is -5.44. The molecule has 0 unspecified atom stereocenters. The van der Waals surface area contributed by atoms with E-state index in [9.17, 15) is 17.6 Å². The van der Waals surface area contributed by atoms with Crippen LogP contribution in [0.25, 0.3) is 22.4 Å². The molecule has 5 rings (SSSR count). The minimum absolute atomic E-state index is 0.0251. The minimum atomic E-state index is -1.59. The van der Waals surface area contributed by atoms with Crippen molar-refractivity contribution in [2.24, 2.45) is 0 Å². The number of rotatable bonds is 4. The van der Waals surface area contributed by atoms with Gasteiger partial charge in [-0.15, -0.1) is 5.10 Å². The van der Waals surface area contributed by atoms with Gasteiger partial charge >= 0.3 is 0 Å². The molecule has 2 aromatic carbocycles. The third-order valence-electron chi connectivity index (χ3n) is 4.43. The molecule has 31 heavy (non-hydrogen) atoms. The third kappa shape index (κ3) is 3.22. The number of nitrogens with zero attached hydrogens (tertiary/aromatic N) is 6. The average molecular weight is 449 g/mol. The van der Waals surface area contributed by atoms with E-state index >= 15 is 0 Å². The maximum atomic E-state index is 14.2. The fourth-order valence-electron chi connectivity index (χ4n) is 3.02. The molecule has 0 spiro atoms. The van der Waals surface area contributed by atoms with E-state index in [-0.39, 0.29) is 29.4 Å². The summed E-state index contributed by atoms with van der Waals surface area (Å²) in [7, 11) is 0. The Morgan fingerprint density at radius 3 is 2.39 bits per heavy atom. The predicted molar refractivity (Wildman–Crippen MR) is 101 cm³/mol. The van der Waals surface area contributed by atoms with E-state index in [4.69, 9.17) is 16.3 Å². The van der Waals surface area contributed by atoms with Crippen LogP contribution in [0.4, 0.5) is 17.6 Å². The second-order valence-electron chi connectivity index (χ2n) is 6.39. The molecule has 0 aliphatic heterocycles. The van der Waals surface area contributed by atoms with E-state index in [0.717, 1.165) is 0 Å². The molecule has 0 radical (unpaired) electrons. The second-order valence-corrected chi connectivity index (χ2v) is 6.83. The molecular formula is C19H9ClF4N6O. The maximum Gasteiger partial charge on any atom is 0.189 e. The van der Waals surface area contributed by atoms with Crippen LogP contribution in [-0.4, -0.2) is 29.4 Å². The monoisotopic (exact) mass is 448 g/mol. The summed E-state index contributed by atoms with van der Waals surface area (Å²) in [6, 6.07) is 6.83. The highest BCUT2D eigenvalue weighted by Gasteiger charge is 2.24. The van der Waals surface area contributed by atoms with E-state index in [2.05, 4.69) is 20.2 Å². The third-order valence-corrected chi connectivity index (χ3v) is 4.68. The van der Waals surface area contributed by atoms with Crippen molar-refractivity contribution in [3.8, 4) is 11.4 Å². The Morgan fingerprint density at radius 2 is 1.68 bits per heavy atom. The molecule has 0 saturated heterocycles. The molecule has 5 aromatic rings. The van der Waals surface area contributed by atoms with Crippen molar-refractivity contribution in [1.29, 1.82) is 0 Å². The molecule has 0 bridgehead atoms. The molecule has 3 heterocycles. The molecule has 0 amide bonds. The summed E-state index contributed by atoms with van der Waals surface area (Å²) in [6.45, 7) is 0.0251. The number of benzene rings is 2. The normalized spacial score (nSPS) is 11.5. The van der Waals surface area contributed by atoms with Gasteiger partial charge in [0.05, 0.1) is 11.6 Å². The number of fused-ring (bicyclic) bond motifs is 3. The molecule has 7 nitrogen and oxygen atoms in total. The first kappa shape index (κ1) is 19.2. The van der Waals surface area contributed by atoms with Crippen LogP contribution in [0.3, 0.4) is 0 Å². The van der Waals surface area contributed by atoms with Crippen molar-refractivity contribution in [2.75, 3.05) is 0 Å². The van der Waals surface area contributed by atoms with E-state index in [1.807, 2.05) is 0 Å². The van der Waals surface area contributed by atoms with Crippen LogP contribution < -0.4 is 4.74 Å². The zero-order chi connectivity index (χ0) is 21.7. The van der Waals surface area contributed by atoms with Gasteiger partial charge in [-0.2, -0.15) is 5.10 Å². The van der Waals surface area contributed by atoms with Gasteiger partial charge in [-0.25, -0.2) is 36.7 Å². The molecule has 0 aliphatic rings. The summed E-state index contributed by atoms with van der Waals surface area (Å²) < 4.78 is 63.3. The molecule has 3 aromatic heterocycles. The molecule has 12 heteroatoms. The smallest absolute Gasteiger partial charge is 0.189 e. The lowest BCUT2D eigenvalue weighted by Crippen LogP contribution is -2.08. The number of hydrogen-bond donors (Lipinski definition) is 0. The van der Waals surface area contributed by atoms with Gasteiger partial charge in [0.15, 0.2) is 40.4 Å². The highest BCUT2D eigenvalue weighted by Crippen LogP contribution is 2.26.